The zero-order valence-corrected chi connectivity index (χ0v) is 13.0. The average Bonchev–Trinajstić information content (AvgIpc) is 2.81. The molecule has 0 bridgehead atoms. The van der Waals surface area contributed by atoms with E-state index in [1.165, 1.54) is 19.3 Å². The third kappa shape index (κ3) is 5.20. The minimum Gasteiger partial charge on any atom is -0.391 e. The molecular formula is C14H27ClN2O3. The summed E-state index contributed by atoms with van der Waals surface area (Å²) in [6.45, 7) is 4.25. The molecule has 1 amide bonds. The number of rotatable bonds is 5. The van der Waals surface area contributed by atoms with E-state index in [4.69, 9.17) is 4.74 Å². The third-order valence-electron chi connectivity index (χ3n) is 4.33. The van der Waals surface area contributed by atoms with Gasteiger partial charge in [0.25, 0.3) is 0 Å². The van der Waals surface area contributed by atoms with Crippen molar-refractivity contribution in [1.29, 1.82) is 0 Å². The van der Waals surface area contributed by atoms with Crippen molar-refractivity contribution in [3.8, 4) is 0 Å². The molecule has 1 aliphatic heterocycles. The normalized spacial score (nSPS) is 33.5. The molecule has 1 saturated carbocycles. The van der Waals surface area contributed by atoms with Crippen LogP contribution in [0.25, 0.3) is 0 Å². The molecule has 3 N–H and O–H groups in total. The summed E-state index contributed by atoms with van der Waals surface area (Å²) in [5.41, 5.74) is 0. The van der Waals surface area contributed by atoms with Gasteiger partial charge < -0.3 is 20.5 Å². The fourth-order valence-corrected chi connectivity index (χ4v) is 2.94. The van der Waals surface area contributed by atoms with E-state index in [2.05, 4.69) is 17.6 Å². The molecule has 2 fully saturated rings. The third-order valence-corrected chi connectivity index (χ3v) is 4.33. The molecule has 6 heteroatoms. The molecule has 2 rings (SSSR count). The van der Waals surface area contributed by atoms with Crippen LogP contribution in [0.15, 0.2) is 0 Å². The summed E-state index contributed by atoms with van der Waals surface area (Å²) in [4.78, 5) is 11.7. The van der Waals surface area contributed by atoms with Crippen molar-refractivity contribution in [3.63, 3.8) is 0 Å². The van der Waals surface area contributed by atoms with Crippen LogP contribution in [0.5, 0.6) is 0 Å². The first-order valence-electron chi connectivity index (χ1n) is 7.44. The Morgan fingerprint density at radius 1 is 1.35 bits per heavy atom. The van der Waals surface area contributed by atoms with E-state index in [0.717, 1.165) is 13.0 Å². The number of halogens is 1. The maximum atomic E-state index is 11.7. The number of carbonyl (C=O) groups is 1. The van der Waals surface area contributed by atoms with Crippen LogP contribution >= 0.6 is 12.4 Å². The van der Waals surface area contributed by atoms with Gasteiger partial charge in [-0.25, -0.2) is 0 Å². The Labute approximate surface area is 127 Å². The molecule has 2 aliphatic rings. The molecule has 4 unspecified atom stereocenters. The van der Waals surface area contributed by atoms with Gasteiger partial charge in [0, 0.05) is 25.6 Å². The van der Waals surface area contributed by atoms with Gasteiger partial charge in [0.2, 0.25) is 5.91 Å². The van der Waals surface area contributed by atoms with E-state index in [-0.39, 0.29) is 43.0 Å². The lowest BCUT2D eigenvalue weighted by atomic mass is 9.88. The van der Waals surface area contributed by atoms with Gasteiger partial charge >= 0.3 is 0 Å². The Morgan fingerprint density at radius 2 is 2.10 bits per heavy atom. The highest BCUT2D eigenvalue weighted by molar-refractivity contribution is 5.85. The summed E-state index contributed by atoms with van der Waals surface area (Å²) in [6, 6.07) is 0. The zero-order chi connectivity index (χ0) is 13.7. The second-order valence-electron chi connectivity index (χ2n) is 5.90. The number of ether oxygens (including phenoxy) is 1. The fourth-order valence-electron chi connectivity index (χ4n) is 2.94. The van der Waals surface area contributed by atoms with Gasteiger partial charge in [-0.05, 0) is 18.8 Å². The number of aliphatic hydroxyl groups excluding tert-OH is 1. The van der Waals surface area contributed by atoms with Crippen molar-refractivity contribution in [3.05, 3.63) is 0 Å². The Balaban J connectivity index is 0.00000200. The maximum absolute atomic E-state index is 11.7. The number of carbonyl (C=O) groups excluding carboxylic acids is 1. The van der Waals surface area contributed by atoms with Crippen LogP contribution in [-0.2, 0) is 9.53 Å². The topological polar surface area (TPSA) is 70.6 Å². The van der Waals surface area contributed by atoms with Crippen LogP contribution in [-0.4, -0.2) is 49.5 Å². The van der Waals surface area contributed by atoms with Crippen LogP contribution in [0.4, 0.5) is 0 Å². The summed E-state index contributed by atoms with van der Waals surface area (Å²) >= 11 is 0. The highest BCUT2D eigenvalue weighted by Gasteiger charge is 2.26. The van der Waals surface area contributed by atoms with E-state index in [9.17, 15) is 9.90 Å². The van der Waals surface area contributed by atoms with Gasteiger partial charge in [-0.1, -0.05) is 19.8 Å². The highest BCUT2D eigenvalue weighted by atomic mass is 35.5. The Bertz CT molecular complexity index is 304. The molecule has 0 aromatic rings. The molecule has 4 atom stereocenters. The van der Waals surface area contributed by atoms with Crippen molar-refractivity contribution < 1.29 is 14.6 Å². The van der Waals surface area contributed by atoms with Gasteiger partial charge in [0.1, 0.15) is 6.61 Å². The van der Waals surface area contributed by atoms with E-state index in [1.807, 2.05) is 0 Å². The molecule has 1 saturated heterocycles. The molecular weight excluding hydrogens is 280 g/mol. The van der Waals surface area contributed by atoms with E-state index in [0.29, 0.717) is 19.0 Å². The number of nitrogens with one attached hydrogen (secondary N) is 2. The maximum Gasteiger partial charge on any atom is 0.246 e. The smallest absolute Gasteiger partial charge is 0.246 e. The Hall–Kier alpha value is -0.360. The summed E-state index contributed by atoms with van der Waals surface area (Å²) < 4.78 is 5.71. The second-order valence-corrected chi connectivity index (χ2v) is 5.90. The minimum atomic E-state index is -0.348. The number of amides is 1. The average molecular weight is 307 g/mol. The Morgan fingerprint density at radius 3 is 2.75 bits per heavy atom. The van der Waals surface area contributed by atoms with Crippen LogP contribution < -0.4 is 10.6 Å². The first kappa shape index (κ1) is 17.7. The lowest BCUT2D eigenvalue weighted by Crippen LogP contribution is -2.38. The molecule has 5 nitrogen and oxygen atoms in total. The van der Waals surface area contributed by atoms with Crippen molar-refractivity contribution >= 4 is 18.3 Å². The van der Waals surface area contributed by atoms with E-state index >= 15 is 0 Å². The van der Waals surface area contributed by atoms with Crippen LogP contribution in [0.3, 0.4) is 0 Å². The van der Waals surface area contributed by atoms with Crippen molar-refractivity contribution in [2.24, 2.45) is 11.8 Å². The predicted molar refractivity (Wildman–Crippen MR) is 80.0 cm³/mol. The quantitative estimate of drug-likeness (QED) is 0.699. The molecule has 0 spiro atoms. The number of hydrogen-bond donors (Lipinski definition) is 3. The lowest BCUT2D eigenvalue weighted by Gasteiger charge is -2.28. The molecule has 0 radical (unpaired) electrons. The van der Waals surface area contributed by atoms with Gasteiger partial charge in [-0.15, -0.1) is 12.4 Å². The first-order chi connectivity index (χ1) is 9.16. The standard InChI is InChI=1S/C14H26N2O3.ClH/c1-10-4-2-3-5-13(10)19-9-14(18)16-7-11-6-15-8-12(11)17;/h10-13,15,17H,2-9H2,1H3,(H,16,18);1H. The molecule has 0 aromatic carbocycles. The van der Waals surface area contributed by atoms with E-state index < -0.39 is 0 Å². The molecule has 0 aromatic heterocycles. The van der Waals surface area contributed by atoms with Gasteiger partial charge in [0.05, 0.1) is 12.2 Å². The van der Waals surface area contributed by atoms with Crippen LogP contribution in [0.1, 0.15) is 32.6 Å². The zero-order valence-electron chi connectivity index (χ0n) is 12.1. The highest BCUT2D eigenvalue weighted by Crippen LogP contribution is 2.26. The number of β-amino-alcohol motifs (C(OH)–C–C–N with tert-alkyl or cyclic N) is 1. The summed E-state index contributed by atoms with van der Waals surface area (Å²) in [7, 11) is 0. The SMILES string of the molecule is CC1CCCCC1OCC(=O)NCC1CNCC1O.Cl. The van der Waals surface area contributed by atoms with Crippen molar-refractivity contribution in [2.75, 3.05) is 26.2 Å². The first-order valence-corrected chi connectivity index (χ1v) is 7.44. The number of aliphatic hydroxyl groups is 1. The molecule has 1 aliphatic carbocycles. The number of hydrogen-bond acceptors (Lipinski definition) is 4. The van der Waals surface area contributed by atoms with Crippen molar-refractivity contribution in [2.45, 2.75) is 44.8 Å². The minimum absolute atomic E-state index is 0. The van der Waals surface area contributed by atoms with Crippen LogP contribution in [0.2, 0.25) is 0 Å². The van der Waals surface area contributed by atoms with Gasteiger partial charge in [0.15, 0.2) is 0 Å². The second kappa shape index (κ2) is 8.82. The van der Waals surface area contributed by atoms with Gasteiger partial charge in [-0.3, -0.25) is 4.79 Å². The van der Waals surface area contributed by atoms with Crippen LogP contribution in [0, 0.1) is 11.8 Å². The molecule has 1 heterocycles. The monoisotopic (exact) mass is 306 g/mol. The summed E-state index contributed by atoms with van der Waals surface area (Å²) in [5.74, 6) is 0.608. The summed E-state index contributed by atoms with van der Waals surface area (Å²) in [5, 5.41) is 15.6. The molecule has 118 valence electrons. The predicted octanol–water partition coefficient (Wildman–Crippen LogP) is 0.700. The Kier molecular flexibility index (Phi) is 7.80. The largest absolute Gasteiger partial charge is 0.391 e. The molecule has 20 heavy (non-hydrogen) atoms. The lowest BCUT2D eigenvalue weighted by molar-refractivity contribution is -0.129. The fraction of sp³-hybridized carbons (Fsp3) is 0.929. The summed E-state index contributed by atoms with van der Waals surface area (Å²) in [6.07, 6.45) is 4.64. The van der Waals surface area contributed by atoms with Gasteiger partial charge in [-0.2, -0.15) is 0 Å². The van der Waals surface area contributed by atoms with E-state index in [1.54, 1.807) is 0 Å². The van der Waals surface area contributed by atoms with Crippen molar-refractivity contribution in [1.82, 2.24) is 10.6 Å².